The first kappa shape index (κ1) is 11.1. The Morgan fingerprint density at radius 2 is 2.25 bits per heavy atom. The van der Waals surface area contributed by atoms with Gasteiger partial charge in [0.15, 0.2) is 5.79 Å². The molecular weight excluding hydrogens is 162 g/mol. The lowest BCUT2D eigenvalue weighted by Crippen LogP contribution is -2.52. The van der Waals surface area contributed by atoms with Gasteiger partial charge in [-0.1, -0.05) is 6.58 Å². The molecule has 0 heterocycles. The highest BCUT2D eigenvalue weighted by Gasteiger charge is 2.29. The Bertz CT molecular complexity index is 173. The van der Waals surface area contributed by atoms with E-state index < -0.39 is 24.3 Å². The highest BCUT2D eigenvalue weighted by atomic mass is 16.5. The van der Waals surface area contributed by atoms with Crippen LogP contribution in [-0.2, 0) is 4.79 Å². The zero-order chi connectivity index (χ0) is 9.78. The SMILES string of the molecule is C=CC(=O)NC(CO)C(C)(O)O. The van der Waals surface area contributed by atoms with Crippen molar-refractivity contribution in [1.82, 2.24) is 5.32 Å². The maximum absolute atomic E-state index is 10.7. The number of rotatable bonds is 4. The van der Waals surface area contributed by atoms with Gasteiger partial charge >= 0.3 is 0 Å². The van der Waals surface area contributed by atoms with Crippen LogP contribution in [0.25, 0.3) is 0 Å². The quantitative estimate of drug-likeness (QED) is 0.304. The molecule has 1 atom stereocenters. The topological polar surface area (TPSA) is 89.8 Å². The number of amides is 1. The lowest BCUT2D eigenvalue weighted by atomic mass is 10.1. The summed E-state index contributed by atoms with van der Waals surface area (Å²) < 4.78 is 0. The van der Waals surface area contributed by atoms with Gasteiger partial charge in [0.05, 0.1) is 6.61 Å². The first-order valence-electron chi connectivity index (χ1n) is 3.40. The number of aliphatic hydroxyl groups excluding tert-OH is 1. The summed E-state index contributed by atoms with van der Waals surface area (Å²) >= 11 is 0. The van der Waals surface area contributed by atoms with E-state index in [4.69, 9.17) is 15.3 Å². The van der Waals surface area contributed by atoms with E-state index in [1.807, 2.05) is 0 Å². The third-order valence-electron chi connectivity index (χ3n) is 1.34. The molecule has 5 heteroatoms. The van der Waals surface area contributed by atoms with Gasteiger partial charge in [-0.05, 0) is 13.0 Å². The largest absolute Gasteiger partial charge is 0.394 e. The zero-order valence-corrected chi connectivity index (χ0v) is 6.82. The molecule has 0 spiro atoms. The molecule has 70 valence electrons. The summed E-state index contributed by atoms with van der Waals surface area (Å²) in [4.78, 5) is 10.7. The second kappa shape index (κ2) is 4.20. The average molecular weight is 175 g/mol. The smallest absolute Gasteiger partial charge is 0.243 e. The molecule has 0 fully saturated rings. The van der Waals surface area contributed by atoms with Gasteiger partial charge in [0.2, 0.25) is 5.91 Å². The molecule has 1 unspecified atom stereocenters. The van der Waals surface area contributed by atoms with Crippen LogP contribution in [-0.4, -0.2) is 39.7 Å². The minimum absolute atomic E-state index is 0.553. The van der Waals surface area contributed by atoms with Crippen LogP contribution in [0.3, 0.4) is 0 Å². The van der Waals surface area contributed by atoms with Crippen LogP contribution in [0.2, 0.25) is 0 Å². The second-order valence-electron chi connectivity index (χ2n) is 2.54. The summed E-state index contributed by atoms with van der Waals surface area (Å²) in [5.41, 5.74) is 0. The van der Waals surface area contributed by atoms with Crippen molar-refractivity contribution >= 4 is 5.91 Å². The first-order valence-corrected chi connectivity index (χ1v) is 3.40. The van der Waals surface area contributed by atoms with Crippen LogP contribution in [0.1, 0.15) is 6.92 Å². The fourth-order valence-corrected chi connectivity index (χ4v) is 0.586. The molecule has 12 heavy (non-hydrogen) atoms. The van der Waals surface area contributed by atoms with Crippen LogP contribution in [0.5, 0.6) is 0 Å². The van der Waals surface area contributed by atoms with E-state index >= 15 is 0 Å². The summed E-state index contributed by atoms with van der Waals surface area (Å²) in [6, 6.07) is -1.11. The third-order valence-corrected chi connectivity index (χ3v) is 1.34. The molecule has 1 amide bonds. The summed E-state index contributed by atoms with van der Waals surface area (Å²) in [5.74, 6) is -2.70. The maximum Gasteiger partial charge on any atom is 0.243 e. The Labute approximate surface area is 70.3 Å². The van der Waals surface area contributed by atoms with Crippen LogP contribution >= 0.6 is 0 Å². The molecule has 0 aliphatic heterocycles. The molecular formula is C7H13NO4. The number of carbonyl (C=O) groups excluding carboxylic acids is 1. The molecule has 0 aliphatic rings. The first-order chi connectivity index (χ1) is 5.41. The highest BCUT2D eigenvalue weighted by Crippen LogP contribution is 2.03. The maximum atomic E-state index is 10.7. The van der Waals surface area contributed by atoms with Crippen LogP contribution in [0.4, 0.5) is 0 Å². The Hall–Kier alpha value is -0.910. The number of nitrogens with one attached hydrogen (secondary N) is 1. The monoisotopic (exact) mass is 175 g/mol. The molecule has 0 saturated heterocycles. The fraction of sp³-hybridized carbons (Fsp3) is 0.571. The molecule has 4 N–H and O–H groups in total. The lowest BCUT2D eigenvalue weighted by molar-refractivity contribution is -0.177. The van der Waals surface area contributed by atoms with E-state index in [0.29, 0.717) is 0 Å². The molecule has 0 aromatic carbocycles. The van der Waals surface area contributed by atoms with Crippen molar-refractivity contribution in [1.29, 1.82) is 0 Å². The van der Waals surface area contributed by atoms with E-state index in [-0.39, 0.29) is 0 Å². The third kappa shape index (κ3) is 3.47. The van der Waals surface area contributed by atoms with Crippen LogP contribution < -0.4 is 5.32 Å². The minimum atomic E-state index is -2.13. The van der Waals surface area contributed by atoms with Gasteiger partial charge in [0, 0.05) is 0 Å². The minimum Gasteiger partial charge on any atom is -0.394 e. The van der Waals surface area contributed by atoms with E-state index in [2.05, 4.69) is 11.9 Å². The van der Waals surface area contributed by atoms with Gasteiger partial charge in [0.1, 0.15) is 6.04 Å². The Morgan fingerprint density at radius 3 is 2.50 bits per heavy atom. The summed E-state index contributed by atoms with van der Waals surface area (Å²) in [5, 5.41) is 28.7. The van der Waals surface area contributed by atoms with E-state index in [1.165, 1.54) is 0 Å². The molecule has 0 saturated carbocycles. The van der Waals surface area contributed by atoms with Crippen molar-refractivity contribution in [3.05, 3.63) is 12.7 Å². The van der Waals surface area contributed by atoms with Gasteiger partial charge in [-0.15, -0.1) is 0 Å². The Balaban J connectivity index is 4.18. The van der Waals surface area contributed by atoms with Gasteiger partial charge in [-0.25, -0.2) is 0 Å². The summed E-state index contributed by atoms with van der Waals surface area (Å²) in [6.45, 7) is 3.69. The van der Waals surface area contributed by atoms with Crippen molar-refractivity contribution in [2.24, 2.45) is 0 Å². The average Bonchev–Trinajstić information content (AvgIpc) is 1.97. The van der Waals surface area contributed by atoms with Crippen LogP contribution in [0.15, 0.2) is 12.7 Å². The molecule has 0 aromatic heterocycles. The van der Waals surface area contributed by atoms with Crippen LogP contribution in [0, 0.1) is 0 Å². The van der Waals surface area contributed by atoms with Crippen molar-refractivity contribution in [2.75, 3.05) is 6.61 Å². The number of aliphatic hydroxyl groups is 3. The second-order valence-corrected chi connectivity index (χ2v) is 2.54. The number of carbonyl (C=O) groups is 1. The molecule has 0 radical (unpaired) electrons. The normalized spacial score (nSPS) is 13.7. The molecule has 5 nitrogen and oxygen atoms in total. The van der Waals surface area contributed by atoms with Gasteiger partial charge in [-0.3, -0.25) is 4.79 Å². The number of hydrogen-bond acceptors (Lipinski definition) is 4. The fourth-order valence-electron chi connectivity index (χ4n) is 0.586. The zero-order valence-electron chi connectivity index (χ0n) is 6.82. The molecule has 0 bridgehead atoms. The summed E-state index contributed by atoms with van der Waals surface area (Å²) in [7, 11) is 0. The van der Waals surface area contributed by atoms with Crippen molar-refractivity contribution in [3.63, 3.8) is 0 Å². The van der Waals surface area contributed by atoms with Crippen molar-refractivity contribution < 1.29 is 20.1 Å². The number of hydrogen-bond donors (Lipinski definition) is 4. The molecule has 0 aliphatic carbocycles. The Kier molecular flexibility index (Phi) is 3.88. The molecule has 0 aromatic rings. The van der Waals surface area contributed by atoms with Crippen molar-refractivity contribution in [2.45, 2.75) is 18.8 Å². The summed E-state index contributed by atoms with van der Waals surface area (Å²) in [6.07, 6.45) is 0.981. The van der Waals surface area contributed by atoms with E-state index in [9.17, 15) is 4.79 Å². The van der Waals surface area contributed by atoms with Gasteiger partial charge in [0.25, 0.3) is 0 Å². The van der Waals surface area contributed by atoms with E-state index in [0.717, 1.165) is 13.0 Å². The van der Waals surface area contributed by atoms with Gasteiger partial charge in [-0.2, -0.15) is 0 Å². The van der Waals surface area contributed by atoms with Crippen molar-refractivity contribution in [3.8, 4) is 0 Å². The van der Waals surface area contributed by atoms with Gasteiger partial charge < -0.3 is 20.6 Å². The standard InChI is InChI=1S/C7H13NO4/c1-3-6(10)8-5(4-9)7(2,11)12/h3,5,9,11-12H,1,4H2,2H3,(H,8,10). The molecule has 0 rings (SSSR count). The predicted octanol–water partition coefficient (Wildman–Crippen LogP) is -1.65. The predicted molar refractivity (Wildman–Crippen MR) is 42.1 cm³/mol. The lowest BCUT2D eigenvalue weighted by Gasteiger charge is -2.26. The Morgan fingerprint density at radius 1 is 1.75 bits per heavy atom. The highest BCUT2D eigenvalue weighted by molar-refractivity contribution is 5.87. The van der Waals surface area contributed by atoms with E-state index in [1.54, 1.807) is 0 Å².